The molecular formula is C22H21ClN2O6S. The fourth-order valence-corrected chi connectivity index (χ4v) is 5.68. The summed E-state index contributed by atoms with van der Waals surface area (Å²) >= 11 is 5.88. The number of nitrogens with zero attached hydrogens (tertiary/aromatic N) is 2. The highest BCUT2D eigenvalue weighted by atomic mass is 35.5. The molecule has 1 saturated carbocycles. The lowest BCUT2D eigenvalue weighted by atomic mass is 10.2. The minimum atomic E-state index is -4.01. The summed E-state index contributed by atoms with van der Waals surface area (Å²) < 4.78 is 32.8. The molecule has 0 bridgehead atoms. The molecule has 1 heterocycles. The molecule has 168 valence electrons. The summed E-state index contributed by atoms with van der Waals surface area (Å²) in [6.45, 7) is 1.92. The summed E-state index contributed by atoms with van der Waals surface area (Å²) in [5.41, 5.74) is 0.561. The Bertz CT molecular complexity index is 1160. The number of rotatable bonds is 7. The van der Waals surface area contributed by atoms with E-state index in [0.29, 0.717) is 17.9 Å². The maximum absolute atomic E-state index is 13.3. The molecule has 2 aliphatic rings. The van der Waals surface area contributed by atoms with E-state index in [2.05, 4.69) is 0 Å². The van der Waals surface area contributed by atoms with Crippen molar-refractivity contribution >= 4 is 45.1 Å². The lowest BCUT2D eigenvalue weighted by molar-refractivity contribution is -0.122. The largest absolute Gasteiger partial charge is 0.462 e. The third-order valence-corrected chi connectivity index (χ3v) is 7.59. The van der Waals surface area contributed by atoms with Gasteiger partial charge in [-0.3, -0.25) is 9.59 Å². The van der Waals surface area contributed by atoms with E-state index >= 15 is 0 Å². The Labute approximate surface area is 190 Å². The second-order valence-electron chi connectivity index (χ2n) is 7.57. The van der Waals surface area contributed by atoms with E-state index in [1.165, 1.54) is 52.8 Å². The zero-order valence-corrected chi connectivity index (χ0v) is 18.8. The third kappa shape index (κ3) is 4.15. The number of hydrogen-bond acceptors (Lipinski definition) is 6. The van der Waals surface area contributed by atoms with Crippen LogP contribution >= 0.6 is 11.6 Å². The van der Waals surface area contributed by atoms with Crippen LogP contribution in [-0.2, 0) is 24.3 Å². The minimum absolute atomic E-state index is 0.0197. The smallest absolute Gasteiger partial charge is 0.338 e. The molecule has 1 aliphatic heterocycles. The maximum Gasteiger partial charge on any atom is 0.338 e. The minimum Gasteiger partial charge on any atom is -0.462 e. The number of benzene rings is 2. The Hall–Kier alpha value is -2.75. The predicted molar refractivity (Wildman–Crippen MR) is 117 cm³/mol. The van der Waals surface area contributed by atoms with Gasteiger partial charge in [0.25, 0.3) is 5.91 Å². The van der Waals surface area contributed by atoms with E-state index in [4.69, 9.17) is 16.3 Å². The molecule has 32 heavy (non-hydrogen) atoms. The van der Waals surface area contributed by atoms with Crippen LogP contribution in [0.1, 0.15) is 36.5 Å². The Balaban J connectivity index is 1.62. The maximum atomic E-state index is 13.3. The van der Waals surface area contributed by atoms with Crippen LogP contribution in [0.3, 0.4) is 0 Å². The fraction of sp³-hybridized carbons (Fsp3) is 0.318. The van der Waals surface area contributed by atoms with Crippen LogP contribution in [0.25, 0.3) is 0 Å². The van der Waals surface area contributed by atoms with Gasteiger partial charge >= 0.3 is 5.97 Å². The van der Waals surface area contributed by atoms with Gasteiger partial charge in [0.05, 0.1) is 29.2 Å². The van der Waals surface area contributed by atoms with E-state index in [-0.39, 0.29) is 35.2 Å². The van der Waals surface area contributed by atoms with Gasteiger partial charge in [0, 0.05) is 11.1 Å². The highest BCUT2D eigenvalue weighted by Crippen LogP contribution is 2.38. The van der Waals surface area contributed by atoms with Gasteiger partial charge in [-0.15, -0.1) is 0 Å². The SMILES string of the molecule is CCOC(=O)c1ccc(N2C(=O)CC(N(C3CC3)S(=O)(=O)c3ccc(Cl)cc3)C2=O)cc1. The molecule has 2 fully saturated rings. The van der Waals surface area contributed by atoms with Crippen LogP contribution in [0.5, 0.6) is 0 Å². The lowest BCUT2D eigenvalue weighted by Crippen LogP contribution is -2.46. The van der Waals surface area contributed by atoms with Crippen LogP contribution in [0.4, 0.5) is 5.69 Å². The first-order chi connectivity index (χ1) is 15.2. The number of carbonyl (C=O) groups excluding carboxylic acids is 3. The van der Waals surface area contributed by atoms with Crippen molar-refractivity contribution in [3.63, 3.8) is 0 Å². The van der Waals surface area contributed by atoms with Gasteiger partial charge in [0.1, 0.15) is 6.04 Å². The number of halogens is 1. The average molecular weight is 477 g/mol. The lowest BCUT2D eigenvalue weighted by Gasteiger charge is -2.26. The van der Waals surface area contributed by atoms with Gasteiger partial charge in [-0.1, -0.05) is 11.6 Å². The Kier molecular flexibility index (Phi) is 6.07. The van der Waals surface area contributed by atoms with Crippen LogP contribution in [-0.4, -0.2) is 49.2 Å². The van der Waals surface area contributed by atoms with Crippen molar-refractivity contribution in [3.8, 4) is 0 Å². The first-order valence-corrected chi connectivity index (χ1v) is 12.0. The van der Waals surface area contributed by atoms with Gasteiger partial charge in [-0.2, -0.15) is 4.31 Å². The number of imide groups is 1. The molecule has 8 nitrogen and oxygen atoms in total. The molecule has 2 aromatic carbocycles. The van der Waals surface area contributed by atoms with Crippen LogP contribution in [0.2, 0.25) is 5.02 Å². The second kappa shape index (κ2) is 8.65. The summed E-state index contributed by atoms with van der Waals surface area (Å²) in [7, 11) is -4.01. The van der Waals surface area contributed by atoms with Crippen molar-refractivity contribution in [1.82, 2.24) is 4.31 Å². The molecule has 2 amide bonds. The highest BCUT2D eigenvalue weighted by molar-refractivity contribution is 7.89. The molecule has 1 atom stereocenters. The van der Waals surface area contributed by atoms with Crippen molar-refractivity contribution in [2.45, 2.75) is 43.2 Å². The molecule has 10 heteroatoms. The number of anilines is 1. The molecule has 0 aromatic heterocycles. The van der Waals surface area contributed by atoms with E-state index in [9.17, 15) is 22.8 Å². The first-order valence-electron chi connectivity index (χ1n) is 10.2. The number of sulfonamides is 1. The third-order valence-electron chi connectivity index (χ3n) is 5.36. The van der Waals surface area contributed by atoms with E-state index in [0.717, 1.165) is 4.90 Å². The molecule has 0 N–H and O–H groups in total. The molecule has 1 unspecified atom stereocenters. The van der Waals surface area contributed by atoms with Gasteiger partial charge in [-0.25, -0.2) is 18.1 Å². The zero-order chi connectivity index (χ0) is 23.0. The molecule has 2 aromatic rings. The summed E-state index contributed by atoms with van der Waals surface area (Å²) in [5.74, 6) is -1.62. The van der Waals surface area contributed by atoms with Crippen LogP contribution < -0.4 is 4.90 Å². The summed E-state index contributed by atoms with van der Waals surface area (Å²) in [6, 6.07) is 10.1. The summed E-state index contributed by atoms with van der Waals surface area (Å²) in [4.78, 5) is 38.8. The number of hydrogen-bond donors (Lipinski definition) is 0. The van der Waals surface area contributed by atoms with Gasteiger partial charge < -0.3 is 4.74 Å². The Morgan fingerprint density at radius 3 is 2.28 bits per heavy atom. The molecule has 0 spiro atoms. The molecule has 4 rings (SSSR count). The van der Waals surface area contributed by atoms with Crippen molar-refractivity contribution in [1.29, 1.82) is 0 Å². The first kappa shape index (κ1) is 22.4. The number of esters is 1. The van der Waals surface area contributed by atoms with Crippen LogP contribution in [0.15, 0.2) is 53.4 Å². The van der Waals surface area contributed by atoms with Crippen molar-refractivity contribution in [2.75, 3.05) is 11.5 Å². The number of carbonyl (C=O) groups is 3. The van der Waals surface area contributed by atoms with Crippen LogP contribution in [0, 0.1) is 0 Å². The fourth-order valence-electron chi connectivity index (χ4n) is 3.72. The predicted octanol–water partition coefficient (Wildman–Crippen LogP) is 3.00. The second-order valence-corrected chi connectivity index (χ2v) is 9.85. The van der Waals surface area contributed by atoms with E-state index < -0.39 is 33.8 Å². The van der Waals surface area contributed by atoms with Gasteiger partial charge in [-0.05, 0) is 68.3 Å². The highest BCUT2D eigenvalue weighted by Gasteiger charge is 2.51. The van der Waals surface area contributed by atoms with E-state index in [1.807, 2.05) is 0 Å². The van der Waals surface area contributed by atoms with Crippen molar-refractivity contribution in [2.24, 2.45) is 0 Å². The number of amides is 2. The summed E-state index contributed by atoms with van der Waals surface area (Å²) in [5, 5.41) is 0.395. The standard InChI is InChI=1S/C22H21ClN2O6S/c1-2-31-22(28)14-3-7-16(8-4-14)24-20(26)13-19(21(24)27)25(17-9-10-17)32(29,30)18-11-5-15(23)6-12-18/h3-8,11-12,17,19H,2,9-10,13H2,1H3. The molecule has 1 saturated heterocycles. The van der Waals surface area contributed by atoms with Crippen molar-refractivity contribution in [3.05, 3.63) is 59.1 Å². The molecule has 1 aliphatic carbocycles. The Morgan fingerprint density at radius 2 is 1.72 bits per heavy atom. The van der Waals surface area contributed by atoms with Gasteiger partial charge in [0.15, 0.2) is 0 Å². The van der Waals surface area contributed by atoms with Gasteiger partial charge in [0.2, 0.25) is 15.9 Å². The normalized spacial score (nSPS) is 19.0. The molecular weight excluding hydrogens is 456 g/mol. The monoisotopic (exact) mass is 476 g/mol. The summed E-state index contributed by atoms with van der Waals surface area (Å²) in [6.07, 6.45) is 1.000. The topological polar surface area (TPSA) is 101 Å². The molecule has 0 radical (unpaired) electrons. The quantitative estimate of drug-likeness (QED) is 0.449. The Morgan fingerprint density at radius 1 is 1.09 bits per heavy atom. The number of ether oxygens (including phenoxy) is 1. The average Bonchev–Trinajstić information content (AvgIpc) is 3.54. The zero-order valence-electron chi connectivity index (χ0n) is 17.2. The van der Waals surface area contributed by atoms with Crippen molar-refractivity contribution < 1.29 is 27.5 Å². The van der Waals surface area contributed by atoms with E-state index in [1.54, 1.807) is 6.92 Å².